The second-order valence-corrected chi connectivity index (χ2v) is 7.58. The van der Waals surface area contributed by atoms with Gasteiger partial charge in [-0.1, -0.05) is 11.3 Å². The molecule has 0 saturated carbocycles. The van der Waals surface area contributed by atoms with E-state index in [0.29, 0.717) is 20.9 Å². The summed E-state index contributed by atoms with van der Waals surface area (Å²) >= 11 is 1.22. The van der Waals surface area contributed by atoms with E-state index in [0.717, 1.165) is 5.56 Å². The Labute approximate surface area is 180 Å². The Morgan fingerprint density at radius 2 is 1.87 bits per heavy atom. The monoisotopic (exact) mass is 434 g/mol. The van der Waals surface area contributed by atoms with E-state index in [1.54, 1.807) is 48.8 Å². The van der Waals surface area contributed by atoms with E-state index < -0.39 is 4.92 Å². The number of nitrogens with zero attached hydrogens (tertiary/aromatic N) is 4. The maximum Gasteiger partial charge on any atom is 0.269 e. The highest BCUT2D eigenvalue weighted by molar-refractivity contribution is 7.22. The van der Waals surface area contributed by atoms with Crippen molar-refractivity contribution in [2.24, 2.45) is 0 Å². The van der Waals surface area contributed by atoms with Crippen LogP contribution in [0.2, 0.25) is 0 Å². The first-order chi connectivity index (χ1) is 15.0. The van der Waals surface area contributed by atoms with Crippen LogP contribution in [0, 0.1) is 15.9 Å². The Balaban J connectivity index is 1.64. The molecule has 154 valence electrons. The van der Waals surface area contributed by atoms with Gasteiger partial charge in [0.2, 0.25) is 0 Å². The number of nitro groups is 1. The maximum atomic E-state index is 13.6. The van der Waals surface area contributed by atoms with Crippen molar-refractivity contribution in [1.29, 1.82) is 0 Å². The Morgan fingerprint density at radius 3 is 2.58 bits per heavy atom. The first kappa shape index (κ1) is 20.3. The van der Waals surface area contributed by atoms with Crippen molar-refractivity contribution >= 4 is 44.4 Å². The van der Waals surface area contributed by atoms with E-state index in [-0.39, 0.29) is 24.0 Å². The second kappa shape index (κ2) is 8.80. The van der Waals surface area contributed by atoms with E-state index in [9.17, 15) is 19.3 Å². The lowest BCUT2D eigenvalue weighted by atomic mass is 10.2. The molecule has 7 nitrogen and oxygen atoms in total. The Morgan fingerprint density at radius 1 is 1.13 bits per heavy atom. The molecule has 0 aliphatic heterocycles. The summed E-state index contributed by atoms with van der Waals surface area (Å²) in [4.78, 5) is 33.3. The lowest BCUT2D eigenvalue weighted by molar-refractivity contribution is -0.384. The number of hydrogen-bond donors (Lipinski definition) is 0. The molecule has 0 aliphatic rings. The van der Waals surface area contributed by atoms with E-state index in [2.05, 4.69) is 9.97 Å². The number of nitro benzene ring substituents is 1. The zero-order chi connectivity index (χ0) is 21.8. The van der Waals surface area contributed by atoms with Crippen LogP contribution >= 0.6 is 11.3 Å². The van der Waals surface area contributed by atoms with Crippen LogP contribution < -0.4 is 4.90 Å². The van der Waals surface area contributed by atoms with Crippen LogP contribution in [0.1, 0.15) is 11.1 Å². The van der Waals surface area contributed by atoms with Crippen LogP contribution in [-0.4, -0.2) is 20.8 Å². The molecule has 0 bridgehead atoms. The fourth-order valence-electron chi connectivity index (χ4n) is 2.88. The minimum atomic E-state index is -0.481. The third-order valence-electron chi connectivity index (χ3n) is 4.45. The number of anilines is 1. The predicted molar refractivity (Wildman–Crippen MR) is 117 cm³/mol. The van der Waals surface area contributed by atoms with Crippen molar-refractivity contribution in [2.45, 2.75) is 6.54 Å². The van der Waals surface area contributed by atoms with E-state index in [1.807, 2.05) is 0 Å². The number of fused-ring (bicyclic) bond motifs is 1. The molecule has 0 N–H and O–H groups in total. The Hall–Kier alpha value is -3.98. The number of non-ortho nitro benzene ring substituents is 1. The molecular formula is C22H15FN4O3S. The van der Waals surface area contributed by atoms with Gasteiger partial charge in [-0.3, -0.25) is 24.8 Å². The molecular weight excluding hydrogens is 419 g/mol. The van der Waals surface area contributed by atoms with Gasteiger partial charge in [0.15, 0.2) is 5.13 Å². The molecule has 0 atom stereocenters. The SMILES string of the molecule is O=C(C=Cc1ccc([N+](=O)[O-])cc1)N(Cc1ccncc1)c1nc2ccc(F)cc2s1. The number of hydrogen-bond acceptors (Lipinski definition) is 6. The van der Waals surface area contributed by atoms with Crippen molar-refractivity contribution in [2.75, 3.05) is 4.90 Å². The van der Waals surface area contributed by atoms with Gasteiger partial charge >= 0.3 is 0 Å². The third-order valence-corrected chi connectivity index (χ3v) is 5.49. The quantitative estimate of drug-likeness (QED) is 0.242. The van der Waals surface area contributed by atoms with Gasteiger partial charge in [0.25, 0.3) is 11.6 Å². The Bertz CT molecular complexity index is 1270. The topological polar surface area (TPSA) is 89.2 Å². The lowest BCUT2D eigenvalue weighted by Gasteiger charge is -2.18. The number of benzene rings is 2. The third kappa shape index (κ3) is 4.78. The van der Waals surface area contributed by atoms with Crippen LogP contribution in [0.25, 0.3) is 16.3 Å². The van der Waals surface area contributed by atoms with Gasteiger partial charge < -0.3 is 0 Å². The number of pyridine rings is 1. The summed E-state index contributed by atoms with van der Waals surface area (Å²) in [6.07, 6.45) is 6.24. The minimum absolute atomic E-state index is 0.0236. The summed E-state index contributed by atoms with van der Waals surface area (Å²) in [5.41, 5.74) is 2.09. The van der Waals surface area contributed by atoms with Gasteiger partial charge in [-0.2, -0.15) is 0 Å². The smallest absolute Gasteiger partial charge is 0.269 e. The van der Waals surface area contributed by atoms with Crippen molar-refractivity contribution in [3.05, 3.63) is 100 Å². The number of thiazole rings is 1. The van der Waals surface area contributed by atoms with Crippen LogP contribution in [0.15, 0.2) is 73.1 Å². The number of rotatable bonds is 6. The van der Waals surface area contributed by atoms with Crippen molar-refractivity contribution < 1.29 is 14.1 Å². The summed E-state index contributed by atoms with van der Waals surface area (Å²) in [6, 6.07) is 13.8. The predicted octanol–water partition coefficient (Wildman–Crippen LogP) is 4.99. The summed E-state index contributed by atoms with van der Waals surface area (Å²) in [5, 5.41) is 11.2. The molecule has 2 aromatic carbocycles. The normalized spacial score (nSPS) is 11.1. The molecule has 2 aromatic heterocycles. The van der Waals surface area contributed by atoms with Gasteiger partial charge in [-0.15, -0.1) is 0 Å². The molecule has 0 aliphatic carbocycles. The molecule has 31 heavy (non-hydrogen) atoms. The summed E-state index contributed by atoms with van der Waals surface area (Å²) in [5.74, 6) is -0.692. The molecule has 0 unspecified atom stereocenters. The number of aromatic nitrogens is 2. The van der Waals surface area contributed by atoms with Gasteiger partial charge in [-0.05, 0) is 59.7 Å². The second-order valence-electron chi connectivity index (χ2n) is 6.57. The fraction of sp³-hybridized carbons (Fsp3) is 0.0455. The molecule has 0 spiro atoms. The average Bonchev–Trinajstić information content (AvgIpc) is 3.19. The molecule has 0 saturated heterocycles. The highest BCUT2D eigenvalue weighted by atomic mass is 32.1. The van der Waals surface area contributed by atoms with Gasteiger partial charge in [-0.25, -0.2) is 9.37 Å². The van der Waals surface area contributed by atoms with Crippen molar-refractivity contribution in [1.82, 2.24) is 9.97 Å². The summed E-state index contributed by atoms with van der Waals surface area (Å²) < 4.78 is 14.2. The van der Waals surface area contributed by atoms with E-state index in [1.165, 1.54) is 46.6 Å². The maximum absolute atomic E-state index is 13.6. The van der Waals surface area contributed by atoms with Crippen LogP contribution in [0.4, 0.5) is 15.2 Å². The zero-order valence-electron chi connectivity index (χ0n) is 16.0. The molecule has 9 heteroatoms. The zero-order valence-corrected chi connectivity index (χ0v) is 16.8. The van der Waals surface area contributed by atoms with E-state index in [4.69, 9.17) is 0 Å². The standard InChI is InChI=1S/C22H15FN4O3S/c23-17-4-7-19-20(13-17)31-22(25-19)26(14-16-9-11-24-12-10-16)21(28)8-3-15-1-5-18(6-2-15)27(29)30/h1-13H,14H2. The highest BCUT2D eigenvalue weighted by Crippen LogP contribution is 2.30. The van der Waals surface area contributed by atoms with Gasteiger partial charge in [0, 0.05) is 30.6 Å². The first-order valence-electron chi connectivity index (χ1n) is 9.18. The molecule has 1 amide bonds. The lowest BCUT2D eigenvalue weighted by Crippen LogP contribution is -2.28. The number of carbonyl (C=O) groups excluding carboxylic acids is 1. The van der Waals surface area contributed by atoms with Crippen LogP contribution in [0.5, 0.6) is 0 Å². The molecule has 4 aromatic rings. The van der Waals surface area contributed by atoms with Gasteiger partial charge in [0.1, 0.15) is 5.82 Å². The van der Waals surface area contributed by atoms with Crippen LogP contribution in [0.3, 0.4) is 0 Å². The highest BCUT2D eigenvalue weighted by Gasteiger charge is 2.19. The minimum Gasteiger partial charge on any atom is -0.280 e. The van der Waals surface area contributed by atoms with Gasteiger partial charge in [0.05, 0.1) is 21.7 Å². The molecule has 2 heterocycles. The number of halogens is 1. The molecule has 0 radical (unpaired) electrons. The van der Waals surface area contributed by atoms with Crippen molar-refractivity contribution in [3.8, 4) is 0 Å². The Kier molecular flexibility index (Phi) is 5.76. The fourth-order valence-corrected chi connectivity index (χ4v) is 3.87. The van der Waals surface area contributed by atoms with Crippen molar-refractivity contribution in [3.63, 3.8) is 0 Å². The number of amides is 1. The number of carbonyl (C=O) groups is 1. The van der Waals surface area contributed by atoms with Crippen LogP contribution in [-0.2, 0) is 11.3 Å². The largest absolute Gasteiger partial charge is 0.280 e. The first-order valence-corrected chi connectivity index (χ1v) is 10.0. The average molecular weight is 434 g/mol. The van der Waals surface area contributed by atoms with E-state index >= 15 is 0 Å². The molecule has 0 fully saturated rings. The summed E-state index contributed by atoms with van der Waals surface area (Å²) in [6.45, 7) is 0.258. The summed E-state index contributed by atoms with van der Waals surface area (Å²) in [7, 11) is 0. The molecule has 4 rings (SSSR count).